The lowest BCUT2D eigenvalue weighted by molar-refractivity contribution is -0.0285. The third-order valence-corrected chi connectivity index (χ3v) is 6.06. The number of anilines is 1. The number of piperazine rings is 1. The highest BCUT2D eigenvalue weighted by molar-refractivity contribution is 5.51. The molecule has 156 valence electrons. The Labute approximate surface area is 173 Å². The molecule has 0 spiro atoms. The van der Waals surface area contributed by atoms with Gasteiger partial charge in [0.15, 0.2) is 0 Å². The number of methoxy groups -OCH3 is 1. The predicted octanol–water partition coefficient (Wildman–Crippen LogP) is 3.27. The molecule has 29 heavy (non-hydrogen) atoms. The summed E-state index contributed by atoms with van der Waals surface area (Å²) in [6.45, 7) is 4.87. The molecular formula is C24H32N2O3. The number of aliphatic hydroxyl groups is 1. The molecular weight excluding hydrogens is 364 g/mol. The summed E-state index contributed by atoms with van der Waals surface area (Å²) in [6.07, 6.45) is 3.01. The van der Waals surface area contributed by atoms with Gasteiger partial charge >= 0.3 is 0 Å². The van der Waals surface area contributed by atoms with Crippen LogP contribution >= 0.6 is 0 Å². The van der Waals surface area contributed by atoms with Crippen LogP contribution in [0.1, 0.15) is 30.1 Å². The van der Waals surface area contributed by atoms with Gasteiger partial charge in [0.05, 0.1) is 25.9 Å². The summed E-state index contributed by atoms with van der Waals surface area (Å²) in [5.41, 5.74) is 3.90. The zero-order chi connectivity index (χ0) is 20.1. The first-order valence-electron chi connectivity index (χ1n) is 10.7. The van der Waals surface area contributed by atoms with E-state index in [0.29, 0.717) is 13.2 Å². The van der Waals surface area contributed by atoms with Crippen molar-refractivity contribution in [3.63, 3.8) is 0 Å². The predicted molar refractivity (Wildman–Crippen MR) is 116 cm³/mol. The molecule has 1 aliphatic carbocycles. The van der Waals surface area contributed by atoms with Crippen molar-refractivity contribution in [2.75, 3.05) is 51.3 Å². The minimum atomic E-state index is -0.451. The minimum absolute atomic E-state index is 0.125. The molecule has 4 rings (SSSR count). The Hall–Kier alpha value is -2.08. The number of benzene rings is 2. The summed E-state index contributed by atoms with van der Waals surface area (Å²) in [4.78, 5) is 4.71. The van der Waals surface area contributed by atoms with E-state index in [9.17, 15) is 5.11 Å². The smallest absolute Gasteiger partial charge is 0.120 e. The van der Waals surface area contributed by atoms with Crippen molar-refractivity contribution in [3.05, 3.63) is 59.7 Å². The first-order chi connectivity index (χ1) is 14.2. The van der Waals surface area contributed by atoms with E-state index in [1.165, 1.54) is 16.8 Å². The molecule has 0 radical (unpaired) electrons. The second kappa shape index (κ2) is 9.61. The van der Waals surface area contributed by atoms with Crippen LogP contribution in [0.2, 0.25) is 0 Å². The summed E-state index contributed by atoms with van der Waals surface area (Å²) >= 11 is 0. The van der Waals surface area contributed by atoms with Gasteiger partial charge in [0.25, 0.3) is 0 Å². The fourth-order valence-electron chi connectivity index (χ4n) is 4.46. The van der Waals surface area contributed by atoms with Gasteiger partial charge in [-0.05, 0) is 42.5 Å². The molecule has 1 saturated heterocycles. The SMILES string of the molecule is COc1cccc(N2CCN(C[C@@H](O)CO[C@H]3CCCc4ccccc43)CC2)c1. The van der Waals surface area contributed by atoms with Crippen LogP contribution in [0.4, 0.5) is 5.69 Å². The van der Waals surface area contributed by atoms with Crippen LogP contribution < -0.4 is 9.64 Å². The second-order valence-corrected chi connectivity index (χ2v) is 8.06. The van der Waals surface area contributed by atoms with Crippen LogP contribution in [0.3, 0.4) is 0 Å². The van der Waals surface area contributed by atoms with Crippen LogP contribution in [0.15, 0.2) is 48.5 Å². The van der Waals surface area contributed by atoms with Gasteiger partial charge in [-0.1, -0.05) is 30.3 Å². The Kier molecular flexibility index (Phi) is 6.70. The monoisotopic (exact) mass is 396 g/mol. The average Bonchev–Trinajstić information content (AvgIpc) is 2.78. The molecule has 2 atom stereocenters. The van der Waals surface area contributed by atoms with E-state index in [0.717, 1.165) is 51.2 Å². The molecule has 2 aromatic carbocycles. The zero-order valence-corrected chi connectivity index (χ0v) is 17.3. The third kappa shape index (κ3) is 5.10. The van der Waals surface area contributed by atoms with Crippen molar-refractivity contribution >= 4 is 5.69 Å². The number of ether oxygens (including phenoxy) is 2. The molecule has 0 bridgehead atoms. The molecule has 1 aliphatic heterocycles. The van der Waals surface area contributed by atoms with Gasteiger partial charge in [-0.3, -0.25) is 4.90 Å². The lowest BCUT2D eigenvalue weighted by Gasteiger charge is -2.37. The number of hydrogen-bond acceptors (Lipinski definition) is 5. The van der Waals surface area contributed by atoms with Crippen LogP contribution in [-0.2, 0) is 11.2 Å². The lowest BCUT2D eigenvalue weighted by Crippen LogP contribution is -2.49. The van der Waals surface area contributed by atoms with Gasteiger partial charge in [-0.2, -0.15) is 0 Å². The number of β-amino-alcohol motifs (C(OH)–C–C–N with tert-alkyl or cyclic N) is 1. The molecule has 0 unspecified atom stereocenters. The fraction of sp³-hybridized carbons (Fsp3) is 0.500. The molecule has 0 aromatic heterocycles. The highest BCUT2D eigenvalue weighted by atomic mass is 16.5. The van der Waals surface area contributed by atoms with Crippen molar-refractivity contribution in [2.45, 2.75) is 31.5 Å². The Morgan fingerprint density at radius 3 is 2.72 bits per heavy atom. The zero-order valence-electron chi connectivity index (χ0n) is 17.3. The average molecular weight is 397 g/mol. The number of hydrogen-bond donors (Lipinski definition) is 1. The maximum atomic E-state index is 10.5. The molecule has 1 heterocycles. The largest absolute Gasteiger partial charge is 0.497 e. The fourth-order valence-corrected chi connectivity index (χ4v) is 4.46. The quantitative estimate of drug-likeness (QED) is 0.778. The van der Waals surface area contributed by atoms with Gasteiger partial charge in [-0.15, -0.1) is 0 Å². The Morgan fingerprint density at radius 1 is 1.07 bits per heavy atom. The first kappa shape index (κ1) is 20.2. The molecule has 0 amide bonds. The van der Waals surface area contributed by atoms with E-state index in [1.54, 1.807) is 7.11 Å². The number of aliphatic hydroxyl groups excluding tert-OH is 1. The summed E-state index contributed by atoms with van der Waals surface area (Å²) in [7, 11) is 1.70. The van der Waals surface area contributed by atoms with E-state index in [4.69, 9.17) is 9.47 Å². The van der Waals surface area contributed by atoms with Gasteiger partial charge < -0.3 is 19.5 Å². The molecule has 0 saturated carbocycles. The van der Waals surface area contributed by atoms with Gasteiger partial charge in [-0.25, -0.2) is 0 Å². The molecule has 2 aliphatic rings. The van der Waals surface area contributed by atoms with Crippen molar-refractivity contribution in [1.29, 1.82) is 0 Å². The highest BCUT2D eigenvalue weighted by Crippen LogP contribution is 2.32. The number of fused-ring (bicyclic) bond motifs is 1. The van der Waals surface area contributed by atoms with E-state index in [-0.39, 0.29) is 6.10 Å². The second-order valence-electron chi connectivity index (χ2n) is 8.06. The third-order valence-electron chi connectivity index (χ3n) is 6.06. The van der Waals surface area contributed by atoms with E-state index >= 15 is 0 Å². The van der Waals surface area contributed by atoms with Gasteiger partial charge in [0, 0.05) is 44.5 Å². The minimum Gasteiger partial charge on any atom is -0.497 e. The molecule has 5 nitrogen and oxygen atoms in total. The number of rotatable bonds is 7. The van der Waals surface area contributed by atoms with Crippen molar-refractivity contribution in [2.24, 2.45) is 0 Å². The van der Waals surface area contributed by atoms with E-state index in [1.807, 2.05) is 12.1 Å². The normalized spacial score (nSPS) is 20.9. The summed E-state index contributed by atoms with van der Waals surface area (Å²) in [6, 6.07) is 16.8. The molecule has 1 fully saturated rings. The number of aryl methyl sites for hydroxylation is 1. The molecule has 1 N–H and O–H groups in total. The maximum Gasteiger partial charge on any atom is 0.120 e. The van der Waals surface area contributed by atoms with Crippen LogP contribution in [0.25, 0.3) is 0 Å². The Morgan fingerprint density at radius 2 is 1.90 bits per heavy atom. The van der Waals surface area contributed by atoms with Gasteiger partial charge in [0.2, 0.25) is 0 Å². The summed E-state index contributed by atoms with van der Waals surface area (Å²) < 4.78 is 11.5. The highest BCUT2D eigenvalue weighted by Gasteiger charge is 2.23. The number of nitrogens with zero attached hydrogens (tertiary/aromatic N) is 2. The summed E-state index contributed by atoms with van der Waals surface area (Å²) in [5, 5.41) is 10.5. The first-order valence-corrected chi connectivity index (χ1v) is 10.7. The Bertz CT molecular complexity index is 789. The van der Waals surface area contributed by atoms with Crippen LogP contribution in [0, 0.1) is 0 Å². The molecule has 5 heteroatoms. The van der Waals surface area contributed by atoms with E-state index in [2.05, 4.69) is 46.2 Å². The standard InChI is InChI=1S/C24H32N2O3/c1-28-22-9-5-8-20(16-22)26-14-12-25(13-15-26)17-21(27)18-29-24-11-4-7-19-6-2-3-10-23(19)24/h2-3,5-6,8-10,16,21,24,27H,4,7,11-15,17-18H2,1H3/t21-,24+/m1/s1. The van der Waals surface area contributed by atoms with Crippen molar-refractivity contribution in [3.8, 4) is 5.75 Å². The van der Waals surface area contributed by atoms with Crippen LogP contribution in [0.5, 0.6) is 5.75 Å². The van der Waals surface area contributed by atoms with E-state index < -0.39 is 6.10 Å². The maximum absolute atomic E-state index is 10.5. The van der Waals surface area contributed by atoms with Crippen molar-refractivity contribution < 1.29 is 14.6 Å². The summed E-state index contributed by atoms with van der Waals surface area (Å²) in [5.74, 6) is 0.891. The van der Waals surface area contributed by atoms with Crippen molar-refractivity contribution in [1.82, 2.24) is 4.90 Å². The Balaban J connectivity index is 1.23. The lowest BCUT2D eigenvalue weighted by atomic mass is 9.89. The van der Waals surface area contributed by atoms with Gasteiger partial charge in [0.1, 0.15) is 5.75 Å². The topological polar surface area (TPSA) is 45.2 Å². The van der Waals surface area contributed by atoms with Crippen LogP contribution in [-0.4, -0.2) is 62.6 Å². The molecule has 2 aromatic rings.